The minimum absolute atomic E-state index is 0.138. The van der Waals surface area contributed by atoms with E-state index in [1.165, 1.54) is 17.7 Å². The van der Waals surface area contributed by atoms with Crippen molar-refractivity contribution in [2.45, 2.75) is 19.0 Å². The van der Waals surface area contributed by atoms with Crippen LogP contribution in [0.15, 0.2) is 54.6 Å². The molecule has 1 saturated heterocycles. The molecule has 0 aliphatic carbocycles. The number of nitrogens with zero attached hydrogens (tertiary/aromatic N) is 1. The topological polar surface area (TPSA) is 62.8 Å². The molecule has 1 fully saturated rings. The molecule has 3 rings (SSSR count). The van der Waals surface area contributed by atoms with E-state index >= 15 is 0 Å². The van der Waals surface area contributed by atoms with Gasteiger partial charge in [-0.25, -0.2) is 4.79 Å². The molecule has 2 N–H and O–H groups in total. The van der Waals surface area contributed by atoms with Crippen LogP contribution in [-0.4, -0.2) is 49.6 Å². The molecule has 1 unspecified atom stereocenters. The van der Waals surface area contributed by atoms with E-state index in [0.717, 1.165) is 25.2 Å². The fourth-order valence-electron chi connectivity index (χ4n) is 3.01. The quantitative estimate of drug-likeness (QED) is 0.765. The number of nitrogens with one attached hydrogen (secondary N) is 2. The number of amides is 2. The Bertz CT molecular complexity index is 785. The number of anilines is 1. The molecule has 6 nitrogen and oxygen atoms in total. The molecule has 0 aromatic heterocycles. The zero-order valence-electron chi connectivity index (χ0n) is 15.6. The van der Waals surface area contributed by atoms with Gasteiger partial charge in [0.2, 0.25) is 0 Å². The molecule has 2 amide bonds. The van der Waals surface area contributed by atoms with Crippen molar-refractivity contribution >= 4 is 11.7 Å². The van der Waals surface area contributed by atoms with Gasteiger partial charge in [0.1, 0.15) is 5.75 Å². The molecule has 2 aromatic carbocycles. The Balaban J connectivity index is 1.42. The van der Waals surface area contributed by atoms with Crippen LogP contribution in [0, 0.1) is 0 Å². The molecule has 29 heavy (non-hydrogen) atoms. The predicted molar refractivity (Wildman–Crippen MR) is 102 cm³/mol. The third kappa shape index (κ3) is 7.28. The SMILES string of the molecule is O=C(NCC1CN(Cc2ccccc2)CCO1)Nc1ccc(OC(F)(F)F)cc1. The number of rotatable bonds is 6. The molecule has 1 aliphatic rings. The number of carbonyl (C=O) groups is 1. The van der Waals surface area contributed by atoms with Crippen LogP contribution in [0.5, 0.6) is 5.75 Å². The molecule has 9 heteroatoms. The summed E-state index contributed by atoms with van der Waals surface area (Å²) >= 11 is 0. The van der Waals surface area contributed by atoms with Gasteiger partial charge in [0.05, 0.1) is 12.7 Å². The standard InChI is InChI=1S/C20H22F3N3O3/c21-20(22,23)29-17-8-6-16(7-9-17)25-19(27)24-12-18-14-26(10-11-28-18)13-15-4-2-1-3-5-15/h1-9,18H,10-14H2,(H2,24,25,27). The number of urea groups is 1. The number of halogens is 3. The molecule has 0 radical (unpaired) electrons. The number of ether oxygens (including phenoxy) is 2. The minimum atomic E-state index is -4.75. The largest absolute Gasteiger partial charge is 0.573 e. The van der Waals surface area contributed by atoms with Gasteiger partial charge in [-0.15, -0.1) is 13.2 Å². The van der Waals surface area contributed by atoms with E-state index in [-0.39, 0.29) is 11.9 Å². The number of morpholine rings is 1. The van der Waals surface area contributed by atoms with Crippen molar-refractivity contribution in [3.63, 3.8) is 0 Å². The first-order chi connectivity index (χ1) is 13.9. The first-order valence-corrected chi connectivity index (χ1v) is 9.16. The second-order valence-electron chi connectivity index (χ2n) is 6.62. The molecule has 0 bridgehead atoms. The molecule has 0 saturated carbocycles. The Morgan fingerprint density at radius 3 is 2.55 bits per heavy atom. The van der Waals surface area contributed by atoms with Crippen molar-refractivity contribution in [3.8, 4) is 5.75 Å². The van der Waals surface area contributed by atoms with E-state index in [1.807, 2.05) is 18.2 Å². The summed E-state index contributed by atoms with van der Waals surface area (Å²) in [4.78, 5) is 14.3. The van der Waals surface area contributed by atoms with Crippen molar-refractivity contribution in [3.05, 3.63) is 60.2 Å². The summed E-state index contributed by atoms with van der Waals surface area (Å²) in [7, 11) is 0. The summed E-state index contributed by atoms with van der Waals surface area (Å²) in [5.74, 6) is -0.349. The lowest BCUT2D eigenvalue weighted by Crippen LogP contribution is -2.47. The minimum Gasteiger partial charge on any atom is -0.406 e. The molecular weight excluding hydrogens is 387 g/mol. The van der Waals surface area contributed by atoms with Crippen LogP contribution in [0.25, 0.3) is 0 Å². The Morgan fingerprint density at radius 2 is 1.86 bits per heavy atom. The van der Waals surface area contributed by atoms with E-state index in [4.69, 9.17) is 4.74 Å². The van der Waals surface area contributed by atoms with Crippen molar-refractivity contribution in [2.24, 2.45) is 0 Å². The molecule has 1 atom stereocenters. The maximum absolute atomic E-state index is 12.2. The average molecular weight is 409 g/mol. The summed E-state index contributed by atoms with van der Waals surface area (Å²) < 4.78 is 46.0. The van der Waals surface area contributed by atoms with E-state index in [9.17, 15) is 18.0 Å². The number of hydrogen-bond acceptors (Lipinski definition) is 4. The second kappa shape index (κ2) is 9.62. The van der Waals surface area contributed by atoms with Gasteiger partial charge in [-0.2, -0.15) is 0 Å². The van der Waals surface area contributed by atoms with E-state index in [1.54, 1.807) is 0 Å². The highest BCUT2D eigenvalue weighted by molar-refractivity contribution is 5.89. The van der Waals surface area contributed by atoms with Crippen LogP contribution < -0.4 is 15.4 Å². The second-order valence-corrected chi connectivity index (χ2v) is 6.62. The summed E-state index contributed by atoms with van der Waals surface area (Å²) in [6.07, 6.45) is -4.89. The van der Waals surface area contributed by atoms with Gasteiger partial charge in [-0.3, -0.25) is 4.90 Å². The van der Waals surface area contributed by atoms with Crippen molar-refractivity contribution in [1.29, 1.82) is 0 Å². The van der Waals surface area contributed by atoms with E-state index in [0.29, 0.717) is 25.4 Å². The number of alkyl halides is 3. The Labute approximate surface area is 166 Å². The normalized spacial score (nSPS) is 17.6. The first kappa shape index (κ1) is 20.9. The summed E-state index contributed by atoms with van der Waals surface area (Å²) in [6, 6.07) is 14.6. The summed E-state index contributed by atoms with van der Waals surface area (Å²) in [6.45, 7) is 3.25. The molecule has 1 heterocycles. The lowest BCUT2D eigenvalue weighted by Gasteiger charge is -2.33. The molecule has 1 aliphatic heterocycles. The van der Waals surface area contributed by atoms with Gasteiger partial charge < -0.3 is 20.1 Å². The van der Waals surface area contributed by atoms with Crippen molar-refractivity contribution < 1.29 is 27.4 Å². The maximum Gasteiger partial charge on any atom is 0.573 e. The highest BCUT2D eigenvalue weighted by atomic mass is 19.4. The van der Waals surface area contributed by atoms with Crippen LogP contribution in [0.1, 0.15) is 5.56 Å². The highest BCUT2D eigenvalue weighted by Crippen LogP contribution is 2.23. The summed E-state index contributed by atoms with van der Waals surface area (Å²) in [5, 5.41) is 5.29. The Kier molecular flexibility index (Phi) is 6.95. The van der Waals surface area contributed by atoms with Gasteiger partial charge in [-0.05, 0) is 29.8 Å². The molecule has 0 spiro atoms. The first-order valence-electron chi connectivity index (χ1n) is 9.16. The van der Waals surface area contributed by atoms with Crippen LogP contribution in [0.2, 0.25) is 0 Å². The summed E-state index contributed by atoms with van der Waals surface area (Å²) in [5.41, 5.74) is 1.57. The van der Waals surface area contributed by atoms with Crippen molar-refractivity contribution in [1.82, 2.24) is 10.2 Å². The van der Waals surface area contributed by atoms with Crippen LogP contribution >= 0.6 is 0 Å². The van der Waals surface area contributed by atoms with Gasteiger partial charge in [0, 0.05) is 31.9 Å². The third-order valence-corrected chi connectivity index (χ3v) is 4.31. The smallest absolute Gasteiger partial charge is 0.406 e. The predicted octanol–water partition coefficient (Wildman–Crippen LogP) is 3.61. The van der Waals surface area contributed by atoms with Gasteiger partial charge >= 0.3 is 12.4 Å². The van der Waals surface area contributed by atoms with Crippen LogP contribution in [0.4, 0.5) is 23.7 Å². The lowest BCUT2D eigenvalue weighted by molar-refractivity contribution is -0.274. The van der Waals surface area contributed by atoms with Crippen LogP contribution in [-0.2, 0) is 11.3 Å². The van der Waals surface area contributed by atoms with E-state index < -0.39 is 12.4 Å². The fraction of sp³-hybridized carbons (Fsp3) is 0.350. The van der Waals surface area contributed by atoms with Crippen molar-refractivity contribution in [2.75, 3.05) is 31.6 Å². The zero-order valence-corrected chi connectivity index (χ0v) is 15.6. The van der Waals surface area contributed by atoms with Crippen LogP contribution in [0.3, 0.4) is 0 Å². The average Bonchev–Trinajstić information content (AvgIpc) is 2.68. The maximum atomic E-state index is 12.2. The number of benzene rings is 2. The van der Waals surface area contributed by atoms with Gasteiger partial charge in [0.25, 0.3) is 0 Å². The van der Waals surface area contributed by atoms with E-state index in [2.05, 4.69) is 32.4 Å². The molecule has 2 aromatic rings. The molecular formula is C20H22F3N3O3. The molecule has 156 valence electrons. The third-order valence-electron chi connectivity index (χ3n) is 4.31. The lowest BCUT2D eigenvalue weighted by atomic mass is 10.2. The number of carbonyl (C=O) groups excluding carboxylic acids is 1. The zero-order chi connectivity index (χ0) is 20.7. The Hall–Kier alpha value is -2.78. The Morgan fingerprint density at radius 1 is 1.14 bits per heavy atom. The number of hydrogen-bond donors (Lipinski definition) is 2. The monoisotopic (exact) mass is 409 g/mol. The highest BCUT2D eigenvalue weighted by Gasteiger charge is 2.31. The fourth-order valence-corrected chi connectivity index (χ4v) is 3.01. The van der Waals surface area contributed by atoms with Gasteiger partial charge in [0.15, 0.2) is 0 Å². The van der Waals surface area contributed by atoms with Gasteiger partial charge in [-0.1, -0.05) is 30.3 Å².